The number of hydrogen-bond acceptors (Lipinski definition) is 2. The number of aryl methyl sites for hydroxylation is 1. The number of carbonyl (C=O) groups is 1. The molecule has 29 heavy (non-hydrogen) atoms. The number of carbonyl (C=O) groups excluding carboxylic acids is 1. The lowest BCUT2D eigenvalue weighted by Crippen LogP contribution is -2.42. The van der Waals surface area contributed by atoms with Crippen molar-refractivity contribution in [2.75, 3.05) is 7.11 Å². The van der Waals surface area contributed by atoms with Crippen molar-refractivity contribution in [3.05, 3.63) is 69.8 Å². The van der Waals surface area contributed by atoms with Crippen LogP contribution in [0.15, 0.2) is 48.0 Å². The normalized spacial score (nSPS) is 31.9. The molecule has 0 amide bonds. The molecule has 2 saturated carbocycles. The van der Waals surface area contributed by atoms with Gasteiger partial charge in [-0.05, 0) is 102 Å². The summed E-state index contributed by atoms with van der Waals surface area (Å²) >= 11 is 6.02. The first-order chi connectivity index (χ1) is 14.0. The van der Waals surface area contributed by atoms with E-state index in [0.717, 1.165) is 47.6 Å². The molecule has 2 nitrogen and oxygen atoms in total. The lowest BCUT2D eigenvalue weighted by molar-refractivity contribution is -0.127. The van der Waals surface area contributed by atoms with Crippen molar-refractivity contribution in [2.24, 2.45) is 17.3 Å². The van der Waals surface area contributed by atoms with Gasteiger partial charge in [0, 0.05) is 10.4 Å². The maximum Gasteiger partial charge on any atom is 0.165 e. The van der Waals surface area contributed by atoms with E-state index in [0.29, 0.717) is 23.5 Å². The quantitative estimate of drug-likeness (QED) is 0.534. The Morgan fingerprint density at radius 3 is 2.69 bits per heavy atom. The van der Waals surface area contributed by atoms with E-state index in [1.54, 1.807) is 7.11 Å². The van der Waals surface area contributed by atoms with Crippen LogP contribution in [0.25, 0.3) is 6.08 Å². The molecular formula is C26H27ClO2. The molecule has 3 heteroatoms. The summed E-state index contributed by atoms with van der Waals surface area (Å²) in [5.41, 5.74) is 4.80. The van der Waals surface area contributed by atoms with E-state index < -0.39 is 0 Å². The van der Waals surface area contributed by atoms with Gasteiger partial charge in [0.05, 0.1) is 7.11 Å². The summed E-state index contributed by atoms with van der Waals surface area (Å²) in [4.78, 5) is 13.4. The van der Waals surface area contributed by atoms with Crippen LogP contribution in [0.4, 0.5) is 0 Å². The van der Waals surface area contributed by atoms with Gasteiger partial charge < -0.3 is 4.74 Å². The molecule has 2 aromatic rings. The topological polar surface area (TPSA) is 26.3 Å². The Balaban J connectivity index is 1.47. The van der Waals surface area contributed by atoms with Crippen molar-refractivity contribution in [1.82, 2.24) is 0 Å². The zero-order chi connectivity index (χ0) is 20.2. The van der Waals surface area contributed by atoms with Crippen molar-refractivity contribution in [3.8, 4) is 5.75 Å². The van der Waals surface area contributed by atoms with E-state index in [2.05, 4.69) is 31.2 Å². The highest BCUT2D eigenvalue weighted by molar-refractivity contribution is 6.30. The van der Waals surface area contributed by atoms with Crippen molar-refractivity contribution >= 4 is 23.5 Å². The van der Waals surface area contributed by atoms with Gasteiger partial charge in [-0.1, -0.05) is 36.7 Å². The summed E-state index contributed by atoms with van der Waals surface area (Å²) in [6.07, 6.45) is 7.36. The second-order valence-corrected chi connectivity index (χ2v) is 9.63. The second kappa shape index (κ2) is 7.02. The third kappa shape index (κ3) is 3.04. The van der Waals surface area contributed by atoms with Gasteiger partial charge >= 0.3 is 0 Å². The predicted octanol–water partition coefficient (Wildman–Crippen LogP) is 6.47. The Morgan fingerprint density at radius 2 is 1.93 bits per heavy atom. The first-order valence-corrected chi connectivity index (χ1v) is 11.0. The minimum atomic E-state index is -0.205. The van der Waals surface area contributed by atoms with E-state index in [1.165, 1.54) is 17.5 Å². The summed E-state index contributed by atoms with van der Waals surface area (Å²) < 4.78 is 5.43. The van der Waals surface area contributed by atoms with Gasteiger partial charge in [-0.2, -0.15) is 0 Å². The summed E-state index contributed by atoms with van der Waals surface area (Å²) in [6, 6.07) is 14.4. The minimum Gasteiger partial charge on any atom is -0.497 e. The molecule has 0 unspecified atom stereocenters. The third-order valence-corrected chi connectivity index (χ3v) is 8.04. The molecule has 3 aliphatic carbocycles. The number of allylic oxidation sites excluding steroid dienone is 1. The lowest BCUT2D eigenvalue weighted by Gasteiger charge is -2.48. The minimum absolute atomic E-state index is 0.205. The lowest BCUT2D eigenvalue weighted by atomic mass is 9.55. The smallest absolute Gasteiger partial charge is 0.165 e. The summed E-state index contributed by atoms with van der Waals surface area (Å²) in [6.45, 7) is 2.22. The first-order valence-electron chi connectivity index (χ1n) is 10.7. The molecule has 0 aromatic heterocycles. The fraction of sp³-hybridized carbons (Fsp3) is 0.423. The monoisotopic (exact) mass is 406 g/mol. The predicted molar refractivity (Wildman–Crippen MR) is 117 cm³/mol. The number of ketones is 1. The van der Waals surface area contributed by atoms with Crippen LogP contribution in [0.3, 0.4) is 0 Å². The summed E-state index contributed by atoms with van der Waals surface area (Å²) in [5, 5.41) is 0.728. The van der Waals surface area contributed by atoms with Gasteiger partial charge in [0.15, 0.2) is 5.78 Å². The number of halogens is 1. The molecule has 150 valence electrons. The van der Waals surface area contributed by atoms with Gasteiger partial charge in [-0.25, -0.2) is 0 Å². The third-order valence-electron chi connectivity index (χ3n) is 7.78. The van der Waals surface area contributed by atoms with Crippen LogP contribution in [-0.4, -0.2) is 12.9 Å². The SMILES string of the molecule is COc1ccc2c(c1)CC[C@H]1[C@@H]2CC[C@]2(C)C(=O)/C(=C/c3ccc(Cl)cc3)C[C@@H]12. The molecule has 3 aliphatic rings. The number of methoxy groups -OCH3 is 1. The van der Waals surface area contributed by atoms with Crippen LogP contribution in [0.5, 0.6) is 5.75 Å². The largest absolute Gasteiger partial charge is 0.497 e. The fourth-order valence-electron chi connectivity index (χ4n) is 6.25. The highest BCUT2D eigenvalue weighted by Crippen LogP contribution is 2.60. The highest BCUT2D eigenvalue weighted by Gasteiger charge is 2.56. The highest BCUT2D eigenvalue weighted by atomic mass is 35.5. The molecule has 2 fully saturated rings. The number of benzene rings is 2. The van der Waals surface area contributed by atoms with Gasteiger partial charge in [-0.15, -0.1) is 0 Å². The molecule has 0 heterocycles. The van der Waals surface area contributed by atoms with Gasteiger partial charge in [0.1, 0.15) is 5.75 Å². The summed E-state index contributed by atoms with van der Waals surface area (Å²) in [5.74, 6) is 2.94. The Hall–Kier alpha value is -2.06. The Labute approximate surface area is 177 Å². The molecule has 4 atom stereocenters. The Kier molecular flexibility index (Phi) is 4.58. The molecule has 0 bridgehead atoms. The van der Waals surface area contributed by atoms with Gasteiger partial charge in [0.2, 0.25) is 0 Å². The number of rotatable bonds is 2. The number of fused-ring (bicyclic) bond motifs is 5. The zero-order valence-electron chi connectivity index (χ0n) is 17.1. The van der Waals surface area contributed by atoms with Crippen LogP contribution in [0, 0.1) is 17.3 Å². The van der Waals surface area contributed by atoms with Crippen LogP contribution in [0.2, 0.25) is 5.02 Å². The number of ether oxygens (including phenoxy) is 1. The number of hydrogen-bond donors (Lipinski definition) is 0. The van der Waals surface area contributed by atoms with E-state index >= 15 is 0 Å². The van der Waals surface area contributed by atoms with Crippen LogP contribution >= 0.6 is 11.6 Å². The molecular weight excluding hydrogens is 380 g/mol. The Bertz CT molecular complexity index is 990. The molecule has 0 aliphatic heterocycles. The van der Waals surface area contributed by atoms with Crippen LogP contribution in [0.1, 0.15) is 55.2 Å². The molecule has 0 N–H and O–H groups in total. The zero-order valence-corrected chi connectivity index (χ0v) is 17.8. The average Bonchev–Trinajstić information content (AvgIpc) is 2.99. The summed E-state index contributed by atoms with van der Waals surface area (Å²) in [7, 11) is 1.73. The molecule has 2 aromatic carbocycles. The molecule has 5 rings (SSSR count). The van der Waals surface area contributed by atoms with Crippen molar-refractivity contribution in [1.29, 1.82) is 0 Å². The van der Waals surface area contributed by atoms with Crippen LogP contribution in [-0.2, 0) is 11.2 Å². The standard InChI is InChI=1S/C26H27ClO2/c1-26-12-11-22-21-10-8-20(29-2)14-17(21)5-9-23(22)24(26)15-18(25(26)28)13-16-3-6-19(27)7-4-16/h3-4,6-8,10,13-14,22-24H,5,9,11-12,15H2,1-2H3/b18-13+/t22-,23+,24+,26+/m1/s1. The maximum atomic E-state index is 13.4. The molecule has 0 radical (unpaired) electrons. The van der Waals surface area contributed by atoms with E-state index in [9.17, 15) is 4.79 Å². The molecule has 0 saturated heterocycles. The first kappa shape index (κ1) is 18.9. The fourth-order valence-corrected chi connectivity index (χ4v) is 6.37. The molecule has 0 spiro atoms. The van der Waals surface area contributed by atoms with Crippen molar-refractivity contribution < 1.29 is 9.53 Å². The van der Waals surface area contributed by atoms with Gasteiger partial charge in [0.25, 0.3) is 0 Å². The van der Waals surface area contributed by atoms with E-state index in [4.69, 9.17) is 16.3 Å². The maximum absolute atomic E-state index is 13.4. The van der Waals surface area contributed by atoms with Crippen LogP contribution < -0.4 is 4.74 Å². The second-order valence-electron chi connectivity index (χ2n) is 9.19. The average molecular weight is 407 g/mol. The van der Waals surface area contributed by atoms with E-state index in [1.807, 2.05) is 24.3 Å². The number of Topliss-reactive ketones (excluding diaryl/α,β-unsaturated/α-hetero) is 1. The van der Waals surface area contributed by atoms with Gasteiger partial charge in [-0.3, -0.25) is 4.79 Å². The Morgan fingerprint density at radius 1 is 1.14 bits per heavy atom. The van der Waals surface area contributed by atoms with Crippen molar-refractivity contribution in [3.63, 3.8) is 0 Å². The van der Waals surface area contributed by atoms with E-state index in [-0.39, 0.29) is 5.41 Å². The van der Waals surface area contributed by atoms with Crippen molar-refractivity contribution in [2.45, 2.75) is 44.9 Å².